The predicted molar refractivity (Wildman–Crippen MR) is 70.5 cm³/mol. The topological polar surface area (TPSA) is 86.7 Å². The molecule has 2 aliphatic heterocycles. The molecule has 19 heavy (non-hydrogen) atoms. The monoisotopic (exact) mass is 284 g/mol. The van der Waals surface area contributed by atoms with E-state index >= 15 is 0 Å². The molecule has 2 saturated heterocycles. The highest BCUT2D eigenvalue weighted by Crippen LogP contribution is 2.47. The molecule has 2 rings (SSSR count). The molecule has 0 aromatic heterocycles. The standard InChI is InChI=1S/C12H16N2O4S/c1-12-5-4-9(15)14(12)8(7-19-12)11(18)13-6-2-3-10(16)17/h2-3,8H,4-7H2,1H3,(H,13,18)(H,16,17)/b3-2+. The zero-order valence-electron chi connectivity index (χ0n) is 10.6. The van der Waals surface area contributed by atoms with Crippen molar-refractivity contribution in [2.24, 2.45) is 0 Å². The van der Waals surface area contributed by atoms with Crippen molar-refractivity contribution in [1.29, 1.82) is 0 Å². The fraction of sp³-hybridized carbons (Fsp3) is 0.583. The van der Waals surface area contributed by atoms with E-state index in [0.29, 0.717) is 12.2 Å². The molecule has 2 atom stereocenters. The summed E-state index contributed by atoms with van der Waals surface area (Å²) in [5, 5.41) is 11.1. The lowest BCUT2D eigenvalue weighted by molar-refractivity contribution is -0.137. The van der Waals surface area contributed by atoms with E-state index in [1.807, 2.05) is 6.92 Å². The van der Waals surface area contributed by atoms with E-state index in [1.165, 1.54) is 6.08 Å². The van der Waals surface area contributed by atoms with Crippen LogP contribution in [0.15, 0.2) is 12.2 Å². The second-order valence-corrected chi connectivity index (χ2v) is 6.25. The maximum absolute atomic E-state index is 12.0. The molecular formula is C12H16N2O4S. The summed E-state index contributed by atoms with van der Waals surface area (Å²) >= 11 is 1.63. The SMILES string of the molecule is CC12CCC(=O)N1C(C(=O)NC/C=C/C(=O)O)CS2. The van der Waals surface area contributed by atoms with E-state index in [2.05, 4.69) is 5.32 Å². The molecule has 2 N–H and O–H groups in total. The molecule has 2 heterocycles. The first-order valence-electron chi connectivity index (χ1n) is 6.07. The van der Waals surface area contributed by atoms with Crippen LogP contribution in [0.2, 0.25) is 0 Å². The number of rotatable bonds is 4. The number of hydrogen-bond donors (Lipinski definition) is 2. The van der Waals surface area contributed by atoms with Crippen LogP contribution in [0.5, 0.6) is 0 Å². The number of carboxylic acids is 1. The van der Waals surface area contributed by atoms with Crippen molar-refractivity contribution >= 4 is 29.5 Å². The highest BCUT2D eigenvalue weighted by Gasteiger charge is 2.52. The second kappa shape index (κ2) is 5.24. The molecule has 2 fully saturated rings. The lowest BCUT2D eigenvalue weighted by Crippen LogP contribution is -2.50. The number of carbonyl (C=O) groups is 3. The van der Waals surface area contributed by atoms with Crippen LogP contribution in [0.3, 0.4) is 0 Å². The number of thioether (sulfide) groups is 1. The van der Waals surface area contributed by atoms with Crippen LogP contribution in [-0.2, 0) is 14.4 Å². The van der Waals surface area contributed by atoms with Gasteiger partial charge in [0.1, 0.15) is 6.04 Å². The number of fused-ring (bicyclic) bond motifs is 1. The Balaban J connectivity index is 1.93. The van der Waals surface area contributed by atoms with Gasteiger partial charge in [0.05, 0.1) is 4.87 Å². The summed E-state index contributed by atoms with van der Waals surface area (Å²) < 4.78 is 0. The van der Waals surface area contributed by atoms with Gasteiger partial charge in [0, 0.05) is 24.8 Å². The van der Waals surface area contributed by atoms with Gasteiger partial charge in [-0.05, 0) is 13.3 Å². The minimum atomic E-state index is -1.05. The van der Waals surface area contributed by atoms with Crippen LogP contribution in [0, 0.1) is 0 Å². The highest BCUT2D eigenvalue weighted by molar-refractivity contribution is 8.01. The smallest absolute Gasteiger partial charge is 0.328 e. The molecule has 7 heteroatoms. The third-order valence-corrected chi connectivity index (χ3v) is 4.91. The molecule has 0 aromatic carbocycles. The van der Waals surface area contributed by atoms with E-state index in [-0.39, 0.29) is 23.2 Å². The van der Waals surface area contributed by atoms with Crippen molar-refractivity contribution < 1.29 is 19.5 Å². The average Bonchev–Trinajstić information content (AvgIpc) is 2.82. The summed E-state index contributed by atoms with van der Waals surface area (Å²) in [7, 11) is 0. The van der Waals surface area contributed by atoms with E-state index < -0.39 is 12.0 Å². The van der Waals surface area contributed by atoms with Gasteiger partial charge in [-0.2, -0.15) is 0 Å². The third-order valence-electron chi connectivity index (χ3n) is 3.40. The number of carbonyl (C=O) groups excluding carboxylic acids is 2. The van der Waals surface area contributed by atoms with Crippen molar-refractivity contribution in [3.8, 4) is 0 Å². The second-order valence-electron chi connectivity index (χ2n) is 4.75. The predicted octanol–water partition coefficient (Wildman–Crippen LogP) is 0.197. The van der Waals surface area contributed by atoms with Gasteiger partial charge in [-0.3, -0.25) is 9.59 Å². The minimum Gasteiger partial charge on any atom is -0.478 e. The van der Waals surface area contributed by atoms with Gasteiger partial charge in [-0.1, -0.05) is 6.08 Å². The maximum Gasteiger partial charge on any atom is 0.328 e. The Hall–Kier alpha value is -1.50. The lowest BCUT2D eigenvalue weighted by Gasteiger charge is -2.29. The van der Waals surface area contributed by atoms with Crippen LogP contribution in [0.1, 0.15) is 19.8 Å². The average molecular weight is 284 g/mol. The number of nitrogens with zero attached hydrogens (tertiary/aromatic N) is 1. The van der Waals surface area contributed by atoms with Crippen LogP contribution in [0.25, 0.3) is 0 Å². The maximum atomic E-state index is 12.0. The van der Waals surface area contributed by atoms with Crippen molar-refractivity contribution in [3.05, 3.63) is 12.2 Å². The van der Waals surface area contributed by atoms with Gasteiger partial charge in [0.2, 0.25) is 11.8 Å². The minimum absolute atomic E-state index is 0.0220. The molecular weight excluding hydrogens is 268 g/mol. The Labute approximate surface area is 115 Å². The molecule has 6 nitrogen and oxygen atoms in total. The van der Waals surface area contributed by atoms with Crippen LogP contribution >= 0.6 is 11.8 Å². The van der Waals surface area contributed by atoms with Gasteiger partial charge in [-0.25, -0.2) is 4.79 Å². The van der Waals surface area contributed by atoms with Gasteiger partial charge in [0.25, 0.3) is 0 Å². The number of carboxylic acid groups (broad SMARTS) is 1. The van der Waals surface area contributed by atoms with Gasteiger partial charge in [0.15, 0.2) is 0 Å². The number of amides is 2. The molecule has 0 spiro atoms. The summed E-state index contributed by atoms with van der Waals surface area (Å²) in [6.45, 7) is 2.14. The molecule has 2 amide bonds. The van der Waals surface area contributed by atoms with Gasteiger partial charge in [-0.15, -0.1) is 11.8 Å². The lowest BCUT2D eigenvalue weighted by atomic mass is 10.2. The first-order chi connectivity index (χ1) is 8.94. The number of nitrogens with one attached hydrogen (secondary N) is 1. The van der Waals surface area contributed by atoms with Crippen LogP contribution in [0.4, 0.5) is 0 Å². The zero-order chi connectivity index (χ0) is 14.0. The fourth-order valence-corrected chi connectivity index (χ4v) is 3.88. The molecule has 2 unspecified atom stereocenters. The molecule has 104 valence electrons. The van der Waals surface area contributed by atoms with Gasteiger partial charge < -0.3 is 15.3 Å². The largest absolute Gasteiger partial charge is 0.478 e. The molecule has 0 bridgehead atoms. The normalized spacial score (nSPS) is 29.8. The highest BCUT2D eigenvalue weighted by atomic mass is 32.2. The van der Waals surface area contributed by atoms with Crippen molar-refractivity contribution in [1.82, 2.24) is 10.2 Å². The van der Waals surface area contributed by atoms with E-state index in [4.69, 9.17) is 5.11 Å². The summed E-state index contributed by atoms with van der Waals surface area (Å²) in [6, 6.07) is -0.441. The zero-order valence-corrected chi connectivity index (χ0v) is 11.4. The Kier molecular flexibility index (Phi) is 3.84. The first kappa shape index (κ1) is 13.9. The van der Waals surface area contributed by atoms with Crippen molar-refractivity contribution in [2.75, 3.05) is 12.3 Å². The molecule has 0 saturated carbocycles. The van der Waals surface area contributed by atoms with Gasteiger partial charge >= 0.3 is 5.97 Å². The summed E-state index contributed by atoms with van der Waals surface area (Å²) in [5.74, 6) is -0.653. The Morgan fingerprint density at radius 3 is 3.05 bits per heavy atom. The number of aliphatic carboxylic acids is 1. The Bertz CT molecular complexity index is 451. The van der Waals surface area contributed by atoms with Crippen LogP contribution < -0.4 is 5.32 Å². The van der Waals surface area contributed by atoms with E-state index in [1.54, 1.807) is 16.7 Å². The quantitative estimate of drug-likeness (QED) is 0.720. The first-order valence-corrected chi connectivity index (χ1v) is 7.06. The van der Waals surface area contributed by atoms with Crippen molar-refractivity contribution in [3.63, 3.8) is 0 Å². The third kappa shape index (κ3) is 2.75. The summed E-state index contributed by atoms with van der Waals surface area (Å²) in [4.78, 5) is 35.6. The fourth-order valence-electron chi connectivity index (χ4n) is 2.45. The van der Waals surface area contributed by atoms with E-state index in [0.717, 1.165) is 12.5 Å². The Morgan fingerprint density at radius 1 is 1.63 bits per heavy atom. The molecule has 0 aliphatic carbocycles. The summed E-state index contributed by atoms with van der Waals surface area (Å²) in [5.41, 5.74) is 0. The molecule has 2 aliphatic rings. The number of hydrogen-bond acceptors (Lipinski definition) is 4. The van der Waals surface area contributed by atoms with Crippen LogP contribution in [-0.4, -0.2) is 51.0 Å². The van der Waals surface area contributed by atoms with E-state index in [9.17, 15) is 14.4 Å². The molecule has 0 radical (unpaired) electrons. The van der Waals surface area contributed by atoms with Crippen molar-refractivity contribution in [2.45, 2.75) is 30.7 Å². The Morgan fingerprint density at radius 2 is 2.37 bits per heavy atom. The molecule has 0 aromatic rings. The summed E-state index contributed by atoms with van der Waals surface area (Å²) in [6.07, 6.45) is 3.62.